The lowest BCUT2D eigenvalue weighted by Gasteiger charge is -2.46. The van der Waals surface area contributed by atoms with Crippen LogP contribution in [0, 0.1) is 0 Å². The minimum absolute atomic E-state index is 0.0141. The first-order valence-electron chi connectivity index (χ1n) is 9.74. The summed E-state index contributed by atoms with van der Waals surface area (Å²) >= 11 is 0. The van der Waals surface area contributed by atoms with Crippen LogP contribution in [0.2, 0.25) is 0 Å². The summed E-state index contributed by atoms with van der Waals surface area (Å²) < 4.78 is 11.5. The number of nitrogens with zero attached hydrogens (tertiary/aromatic N) is 2. The minimum atomic E-state index is -1.09. The molecule has 3 atom stereocenters. The molecule has 2 N–H and O–H groups in total. The van der Waals surface area contributed by atoms with Crippen LogP contribution in [0.15, 0.2) is 48.5 Å². The molecule has 1 amide bonds. The summed E-state index contributed by atoms with van der Waals surface area (Å²) in [6.45, 7) is 5.61. The van der Waals surface area contributed by atoms with Crippen LogP contribution in [0.3, 0.4) is 0 Å². The number of amides is 1. The molecule has 0 bridgehead atoms. The van der Waals surface area contributed by atoms with Gasteiger partial charge in [0.1, 0.15) is 11.7 Å². The molecule has 4 rings (SSSR count). The Labute approximate surface area is 170 Å². The van der Waals surface area contributed by atoms with E-state index in [4.69, 9.17) is 9.47 Å². The van der Waals surface area contributed by atoms with Gasteiger partial charge in [0.2, 0.25) is 0 Å². The molecule has 0 unspecified atom stereocenters. The summed E-state index contributed by atoms with van der Waals surface area (Å²) in [5, 5.41) is 21.4. The first kappa shape index (κ1) is 19.5. The van der Waals surface area contributed by atoms with E-state index >= 15 is 0 Å². The number of likely N-dealkylation sites (tertiary alicyclic amines) is 1. The predicted molar refractivity (Wildman–Crippen MR) is 109 cm³/mol. The van der Waals surface area contributed by atoms with Gasteiger partial charge < -0.3 is 29.5 Å². The SMILES string of the molecule is CC(C)(C)OC(=O)N1C[C@@H](O)[C@H](O)[C@@H](N2c3ccccc3Oc3ccccc32)C1. The summed E-state index contributed by atoms with van der Waals surface area (Å²) in [7, 11) is 0. The van der Waals surface area contributed by atoms with Crippen LogP contribution in [0.25, 0.3) is 0 Å². The average Bonchev–Trinajstić information content (AvgIpc) is 2.67. The Balaban J connectivity index is 1.72. The largest absolute Gasteiger partial charge is 0.453 e. The number of ether oxygens (including phenoxy) is 2. The highest BCUT2D eigenvalue weighted by atomic mass is 16.6. The molecule has 7 nitrogen and oxygen atoms in total. The Morgan fingerprint density at radius 1 is 1.00 bits per heavy atom. The predicted octanol–water partition coefficient (Wildman–Crippen LogP) is 3.27. The second kappa shape index (κ2) is 7.24. The van der Waals surface area contributed by atoms with Gasteiger partial charge in [-0.25, -0.2) is 4.79 Å². The number of benzene rings is 2. The zero-order chi connectivity index (χ0) is 20.8. The molecule has 0 saturated carbocycles. The molecule has 0 radical (unpaired) electrons. The fourth-order valence-corrected chi connectivity index (χ4v) is 3.80. The standard InChI is InChI=1S/C22H26N2O5/c1-22(2,3)29-21(27)23-12-16(20(26)17(25)13-23)24-14-8-4-6-10-18(14)28-19-11-7-5-9-15(19)24/h4-11,16-17,20,25-26H,12-13H2,1-3H3/t16-,17+,20+/m0/s1. The zero-order valence-corrected chi connectivity index (χ0v) is 16.8. The topological polar surface area (TPSA) is 82.5 Å². The third-order valence-electron chi connectivity index (χ3n) is 5.06. The summed E-state index contributed by atoms with van der Waals surface area (Å²) in [6, 6.07) is 14.5. The Hall–Kier alpha value is -2.77. The number of para-hydroxylation sites is 4. The van der Waals surface area contributed by atoms with Crippen LogP contribution in [0.1, 0.15) is 20.8 Å². The summed E-state index contributed by atoms with van der Waals surface area (Å²) in [5.41, 5.74) is 0.896. The van der Waals surface area contributed by atoms with Crippen molar-refractivity contribution in [2.75, 3.05) is 18.0 Å². The summed E-state index contributed by atoms with van der Waals surface area (Å²) in [6.07, 6.45) is -2.65. The molecule has 0 aliphatic carbocycles. The van der Waals surface area contributed by atoms with E-state index < -0.39 is 29.9 Å². The molecule has 2 aromatic rings. The van der Waals surface area contributed by atoms with Gasteiger partial charge in [0, 0.05) is 6.54 Å². The Kier molecular flexibility index (Phi) is 4.88. The number of hydrogen-bond acceptors (Lipinski definition) is 6. The van der Waals surface area contributed by atoms with Crippen LogP contribution in [-0.4, -0.2) is 58.1 Å². The number of aliphatic hydroxyl groups is 2. The maximum atomic E-state index is 12.7. The van der Waals surface area contributed by atoms with Crippen molar-refractivity contribution >= 4 is 17.5 Å². The molecule has 0 spiro atoms. The zero-order valence-electron chi connectivity index (χ0n) is 16.8. The number of β-amino-alcohol motifs (C(OH)–C–C–N with tert-alkyl or cyclic N) is 1. The van der Waals surface area contributed by atoms with Crippen molar-refractivity contribution in [3.05, 3.63) is 48.5 Å². The lowest BCUT2D eigenvalue weighted by molar-refractivity contribution is -0.0563. The highest BCUT2D eigenvalue weighted by Crippen LogP contribution is 2.48. The van der Waals surface area contributed by atoms with Gasteiger partial charge in [-0.1, -0.05) is 24.3 Å². The van der Waals surface area contributed by atoms with Crippen molar-refractivity contribution in [1.82, 2.24) is 4.90 Å². The second-order valence-corrected chi connectivity index (χ2v) is 8.42. The van der Waals surface area contributed by atoms with E-state index in [0.717, 1.165) is 11.4 Å². The van der Waals surface area contributed by atoms with Gasteiger partial charge in [0.05, 0.1) is 30.1 Å². The number of fused-ring (bicyclic) bond motifs is 2. The molecule has 0 aromatic heterocycles. The summed E-state index contributed by atoms with van der Waals surface area (Å²) in [4.78, 5) is 16.0. The van der Waals surface area contributed by atoms with Gasteiger partial charge in [-0.05, 0) is 45.0 Å². The number of carbonyl (C=O) groups is 1. The summed E-state index contributed by atoms with van der Waals surface area (Å²) in [5.74, 6) is 1.31. The number of piperidine rings is 1. The molecule has 2 aromatic carbocycles. The van der Waals surface area contributed by atoms with Crippen LogP contribution in [0.5, 0.6) is 11.5 Å². The minimum Gasteiger partial charge on any atom is -0.453 e. The first-order valence-corrected chi connectivity index (χ1v) is 9.74. The van der Waals surface area contributed by atoms with Crippen molar-refractivity contribution in [2.45, 2.75) is 44.6 Å². The van der Waals surface area contributed by atoms with E-state index in [1.807, 2.05) is 53.4 Å². The third-order valence-corrected chi connectivity index (χ3v) is 5.06. The van der Waals surface area contributed by atoms with Crippen LogP contribution >= 0.6 is 0 Å². The van der Waals surface area contributed by atoms with E-state index in [2.05, 4.69) is 0 Å². The van der Waals surface area contributed by atoms with Gasteiger partial charge in [0.15, 0.2) is 11.5 Å². The van der Waals surface area contributed by atoms with E-state index in [-0.39, 0.29) is 13.1 Å². The van der Waals surface area contributed by atoms with Gasteiger partial charge in [0.25, 0.3) is 0 Å². The van der Waals surface area contributed by atoms with Crippen molar-refractivity contribution < 1.29 is 24.5 Å². The fourth-order valence-electron chi connectivity index (χ4n) is 3.80. The Bertz CT molecular complexity index is 865. The number of hydrogen-bond donors (Lipinski definition) is 2. The normalized spacial score (nSPS) is 23.7. The molecule has 2 aliphatic rings. The highest BCUT2D eigenvalue weighted by molar-refractivity contribution is 5.79. The number of anilines is 2. The van der Waals surface area contributed by atoms with E-state index in [1.54, 1.807) is 20.8 Å². The molecule has 29 heavy (non-hydrogen) atoms. The number of aliphatic hydroxyl groups excluding tert-OH is 2. The number of carbonyl (C=O) groups excluding carboxylic acids is 1. The molecule has 1 fully saturated rings. The van der Waals surface area contributed by atoms with Gasteiger partial charge in [-0.15, -0.1) is 0 Å². The second-order valence-electron chi connectivity index (χ2n) is 8.42. The quantitative estimate of drug-likeness (QED) is 0.767. The highest BCUT2D eigenvalue weighted by Gasteiger charge is 2.43. The average molecular weight is 398 g/mol. The van der Waals surface area contributed by atoms with Crippen molar-refractivity contribution in [3.63, 3.8) is 0 Å². The molecule has 7 heteroatoms. The van der Waals surface area contributed by atoms with Crippen molar-refractivity contribution in [2.24, 2.45) is 0 Å². The van der Waals surface area contributed by atoms with Crippen molar-refractivity contribution in [1.29, 1.82) is 0 Å². The maximum Gasteiger partial charge on any atom is 0.410 e. The van der Waals surface area contributed by atoms with E-state index in [9.17, 15) is 15.0 Å². The van der Waals surface area contributed by atoms with Crippen LogP contribution < -0.4 is 9.64 Å². The first-order chi connectivity index (χ1) is 13.7. The van der Waals surface area contributed by atoms with E-state index in [0.29, 0.717) is 11.5 Å². The lowest BCUT2D eigenvalue weighted by atomic mass is 9.96. The van der Waals surface area contributed by atoms with Crippen molar-refractivity contribution in [3.8, 4) is 11.5 Å². The smallest absolute Gasteiger partial charge is 0.410 e. The lowest BCUT2D eigenvalue weighted by Crippen LogP contribution is -2.62. The van der Waals surface area contributed by atoms with Crippen LogP contribution in [-0.2, 0) is 4.74 Å². The molecule has 2 heterocycles. The monoisotopic (exact) mass is 398 g/mol. The molecule has 2 aliphatic heterocycles. The Morgan fingerprint density at radius 3 is 2.10 bits per heavy atom. The Morgan fingerprint density at radius 2 is 1.55 bits per heavy atom. The molecular weight excluding hydrogens is 372 g/mol. The maximum absolute atomic E-state index is 12.7. The van der Waals surface area contributed by atoms with Gasteiger partial charge in [-0.2, -0.15) is 0 Å². The molecule has 154 valence electrons. The molecule has 1 saturated heterocycles. The van der Waals surface area contributed by atoms with E-state index in [1.165, 1.54) is 4.90 Å². The van der Waals surface area contributed by atoms with Gasteiger partial charge in [-0.3, -0.25) is 0 Å². The number of rotatable bonds is 1. The fraction of sp³-hybridized carbons (Fsp3) is 0.409. The van der Waals surface area contributed by atoms with Crippen LogP contribution in [0.4, 0.5) is 16.2 Å². The van der Waals surface area contributed by atoms with Gasteiger partial charge >= 0.3 is 6.09 Å². The third kappa shape index (κ3) is 3.75. The molecular formula is C22H26N2O5.